The van der Waals surface area contributed by atoms with Crippen molar-refractivity contribution in [3.05, 3.63) is 40.2 Å². The molecular formula is C19H21F3O7S. The summed E-state index contributed by atoms with van der Waals surface area (Å²) in [6.45, 7) is 2.25. The third-order valence-corrected chi connectivity index (χ3v) is 5.13. The standard InChI is InChI=1S/C19H21F3O7S/c1-2-3-4-5-6-7-10-27-17(23)15-11-13-8-9-14(12-16(13)28-18(15)24)29-30(25,26)19(20,21)22/h8-9,11-12H,2-7,10H2,1H3. The minimum atomic E-state index is -5.87. The van der Waals surface area contributed by atoms with Gasteiger partial charge in [0.15, 0.2) is 0 Å². The van der Waals surface area contributed by atoms with Crippen LogP contribution in [0.4, 0.5) is 13.2 Å². The van der Waals surface area contributed by atoms with Crippen molar-refractivity contribution in [3.8, 4) is 5.75 Å². The molecule has 1 aromatic carbocycles. The average molecular weight is 450 g/mol. The highest BCUT2D eigenvalue weighted by atomic mass is 32.2. The molecule has 0 radical (unpaired) electrons. The molecule has 0 saturated heterocycles. The maximum absolute atomic E-state index is 12.4. The van der Waals surface area contributed by atoms with Crippen LogP contribution in [0, 0.1) is 0 Å². The first-order chi connectivity index (χ1) is 14.0. The molecule has 11 heteroatoms. The van der Waals surface area contributed by atoms with Crippen LogP contribution in [0.3, 0.4) is 0 Å². The van der Waals surface area contributed by atoms with Crippen LogP contribution in [0.2, 0.25) is 0 Å². The maximum atomic E-state index is 12.4. The number of carbonyl (C=O) groups excluding carboxylic acids is 1. The van der Waals surface area contributed by atoms with Crippen LogP contribution in [0.25, 0.3) is 11.0 Å². The van der Waals surface area contributed by atoms with Crippen molar-refractivity contribution < 1.29 is 39.7 Å². The van der Waals surface area contributed by atoms with Gasteiger partial charge < -0.3 is 13.3 Å². The molecule has 0 bridgehead atoms. The van der Waals surface area contributed by atoms with E-state index in [4.69, 9.17) is 9.15 Å². The van der Waals surface area contributed by atoms with E-state index in [0.717, 1.165) is 56.4 Å². The van der Waals surface area contributed by atoms with Crippen molar-refractivity contribution in [2.24, 2.45) is 0 Å². The summed E-state index contributed by atoms with van der Waals surface area (Å²) in [7, 11) is -5.87. The fourth-order valence-electron chi connectivity index (χ4n) is 2.58. The molecule has 1 heterocycles. The van der Waals surface area contributed by atoms with Gasteiger partial charge in [-0.25, -0.2) is 9.59 Å². The molecule has 2 aromatic rings. The summed E-state index contributed by atoms with van der Waals surface area (Å²) in [5.74, 6) is -1.57. The summed E-state index contributed by atoms with van der Waals surface area (Å²) in [5.41, 5.74) is -7.29. The quantitative estimate of drug-likeness (QED) is 0.172. The third-order valence-electron chi connectivity index (χ3n) is 4.15. The average Bonchev–Trinajstić information content (AvgIpc) is 2.65. The van der Waals surface area contributed by atoms with Crippen LogP contribution in [0.5, 0.6) is 5.75 Å². The molecule has 166 valence electrons. The van der Waals surface area contributed by atoms with Gasteiger partial charge in [0.05, 0.1) is 6.61 Å². The molecule has 1 aromatic heterocycles. The molecule has 7 nitrogen and oxygen atoms in total. The molecule has 2 rings (SSSR count). The normalized spacial score (nSPS) is 12.1. The molecule has 0 aliphatic heterocycles. The zero-order valence-corrected chi connectivity index (χ0v) is 17.0. The number of halogens is 3. The fourth-order valence-corrected chi connectivity index (χ4v) is 3.04. The topological polar surface area (TPSA) is 99.9 Å². The summed E-state index contributed by atoms with van der Waals surface area (Å²) >= 11 is 0. The van der Waals surface area contributed by atoms with Crippen molar-refractivity contribution >= 4 is 27.1 Å². The van der Waals surface area contributed by atoms with Crippen LogP contribution in [-0.4, -0.2) is 26.5 Å². The molecule has 0 atom stereocenters. The van der Waals surface area contributed by atoms with Crippen LogP contribution >= 0.6 is 0 Å². The van der Waals surface area contributed by atoms with Gasteiger partial charge in [0.25, 0.3) is 0 Å². The van der Waals surface area contributed by atoms with Gasteiger partial charge >= 0.3 is 27.2 Å². The highest BCUT2D eigenvalue weighted by molar-refractivity contribution is 7.88. The number of benzene rings is 1. The second kappa shape index (κ2) is 9.96. The van der Waals surface area contributed by atoms with Crippen LogP contribution < -0.4 is 9.81 Å². The number of hydrogen-bond donors (Lipinski definition) is 0. The molecule has 0 N–H and O–H groups in total. The van der Waals surface area contributed by atoms with E-state index in [0.29, 0.717) is 6.42 Å². The Bertz CT molecular complexity index is 1040. The van der Waals surface area contributed by atoms with Gasteiger partial charge in [0.1, 0.15) is 16.9 Å². The summed E-state index contributed by atoms with van der Waals surface area (Å²) in [6, 6.07) is 4.07. The van der Waals surface area contributed by atoms with Gasteiger partial charge in [0.2, 0.25) is 0 Å². The number of rotatable bonds is 10. The minimum absolute atomic E-state index is 0.143. The van der Waals surface area contributed by atoms with E-state index in [1.807, 2.05) is 0 Å². The molecule has 0 fully saturated rings. The number of alkyl halides is 3. The van der Waals surface area contributed by atoms with E-state index < -0.39 is 33.0 Å². The first-order valence-corrected chi connectivity index (χ1v) is 10.7. The minimum Gasteiger partial charge on any atom is -0.462 e. The van der Waals surface area contributed by atoms with Crippen LogP contribution in [0.1, 0.15) is 55.8 Å². The first kappa shape index (κ1) is 23.7. The van der Waals surface area contributed by atoms with Crippen molar-refractivity contribution in [3.63, 3.8) is 0 Å². The van der Waals surface area contributed by atoms with Crippen molar-refractivity contribution in [1.29, 1.82) is 0 Å². The Hall–Kier alpha value is -2.56. The third kappa shape index (κ3) is 6.22. The number of unbranched alkanes of at least 4 members (excludes halogenated alkanes) is 5. The van der Waals surface area contributed by atoms with E-state index in [1.54, 1.807) is 0 Å². The zero-order chi connectivity index (χ0) is 22.4. The maximum Gasteiger partial charge on any atom is 0.534 e. The van der Waals surface area contributed by atoms with E-state index in [9.17, 15) is 31.2 Å². The summed E-state index contributed by atoms with van der Waals surface area (Å²) in [5, 5.41) is 0.179. The molecule has 0 spiro atoms. The molecule has 0 amide bonds. The van der Waals surface area contributed by atoms with Crippen molar-refractivity contribution in [2.75, 3.05) is 6.61 Å². The lowest BCUT2D eigenvalue weighted by Gasteiger charge is -2.10. The van der Waals surface area contributed by atoms with E-state index in [-0.39, 0.29) is 23.1 Å². The van der Waals surface area contributed by atoms with Gasteiger partial charge in [-0.2, -0.15) is 21.6 Å². The van der Waals surface area contributed by atoms with E-state index in [1.165, 1.54) is 0 Å². The SMILES string of the molecule is CCCCCCCCOC(=O)c1cc2ccc(OS(=O)(=O)C(F)(F)F)cc2oc1=O. The second-order valence-electron chi connectivity index (χ2n) is 6.53. The summed E-state index contributed by atoms with van der Waals surface area (Å²) in [6.07, 6.45) is 5.95. The number of esters is 1. The van der Waals surface area contributed by atoms with Crippen molar-refractivity contribution in [1.82, 2.24) is 0 Å². The van der Waals surface area contributed by atoms with Gasteiger partial charge in [-0.3, -0.25) is 0 Å². The monoisotopic (exact) mass is 450 g/mol. The van der Waals surface area contributed by atoms with Gasteiger partial charge in [-0.1, -0.05) is 39.0 Å². The van der Waals surface area contributed by atoms with Crippen LogP contribution in [0.15, 0.2) is 33.5 Å². The van der Waals surface area contributed by atoms with Crippen molar-refractivity contribution in [2.45, 2.75) is 51.0 Å². The van der Waals surface area contributed by atoms with E-state index >= 15 is 0 Å². The molecule has 0 saturated carbocycles. The van der Waals surface area contributed by atoms with Crippen LogP contribution in [-0.2, 0) is 14.9 Å². The summed E-state index contributed by atoms with van der Waals surface area (Å²) in [4.78, 5) is 24.1. The van der Waals surface area contributed by atoms with Gasteiger partial charge in [-0.15, -0.1) is 0 Å². The highest BCUT2D eigenvalue weighted by Crippen LogP contribution is 2.28. The molecular weight excluding hydrogens is 429 g/mol. The lowest BCUT2D eigenvalue weighted by molar-refractivity contribution is -0.0500. The van der Waals surface area contributed by atoms with Gasteiger partial charge in [-0.05, 0) is 24.6 Å². The Morgan fingerprint density at radius 1 is 1.07 bits per heavy atom. The number of carbonyl (C=O) groups is 1. The Balaban J connectivity index is 2.07. The molecule has 0 aliphatic rings. The Labute approximate surface area is 170 Å². The molecule has 0 aliphatic carbocycles. The Kier molecular flexibility index (Phi) is 7.88. The largest absolute Gasteiger partial charge is 0.534 e. The van der Waals surface area contributed by atoms with E-state index in [2.05, 4.69) is 11.1 Å². The smallest absolute Gasteiger partial charge is 0.462 e. The number of hydrogen-bond acceptors (Lipinski definition) is 7. The fraction of sp³-hybridized carbons (Fsp3) is 0.474. The lowest BCUT2D eigenvalue weighted by atomic mass is 10.1. The number of ether oxygens (including phenoxy) is 1. The highest BCUT2D eigenvalue weighted by Gasteiger charge is 2.48. The second-order valence-corrected chi connectivity index (χ2v) is 8.07. The molecule has 0 unspecified atom stereocenters. The van der Waals surface area contributed by atoms with Gasteiger partial charge in [0, 0.05) is 11.5 Å². The summed E-state index contributed by atoms with van der Waals surface area (Å²) < 4.78 is 73.3. The zero-order valence-electron chi connectivity index (χ0n) is 16.2. The predicted molar refractivity (Wildman–Crippen MR) is 102 cm³/mol. The lowest BCUT2D eigenvalue weighted by Crippen LogP contribution is -2.28. The Morgan fingerprint density at radius 3 is 2.40 bits per heavy atom. The predicted octanol–water partition coefficient (Wildman–Crippen LogP) is 4.54. The number of fused-ring (bicyclic) bond motifs is 1. The Morgan fingerprint density at radius 2 is 1.73 bits per heavy atom. The molecule has 30 heavy (non-hydrogen) atoms. The first-order valence-electron chi connectivity index (χ1n) is 9.31.